The average molecular weight is 473 g/mol. The van der Waals surface area contributed by atoms with Crippen LogP contribution < -0.4 is 9.47 Å². The molecule has 11 heteroatoms. The molecule has 0 saturated carbocycles. The number of aryl methyl sites for hydroxylation is 1. The fourth-order valence-corrected chi connectivity index (χ4v) is 4.15. The first-order chi connectivity index (χ1) is 15.6. The highest BCUT2D eigenvalue weighted by Crippen LogP contribution is 2.30. The van der Waals surface area contributed by atoms with Crippen LogP contribution in [0.4, 0.5) is 23.9 Å². The van der Waals surface area contributed by atoms with Crippen molar-refractivity contribution < 1.29 is 32.1 Å². The Morgan fingerprint density at radius 3 is 2.42 bits per heavy atom. The molecule has 0 N–H and O–H groups in total. The summed E-state index contributed by atoms with van der Waals surface area (Å²) in [4.78, 5) is 25.5. The highest BCUT2D eigenvalue weighted by molar-refractivity contribution is 5.85. The molecule has 3 heterocycles. The molecular weight excluding hydrogens is 439 g/mol. The molecule has 1 aromatic heterocycles. The number of rotatable bonds is 5. The van der Waals surface area contributed by atoms with E-state index in [-0.39, 0.29) is 30.3 Å². The Bertz CT molecular complexity index is 858. The van der Waals surface area contributed by atoms with Gasteiger partial charge in [0.05, 0.1) is 32.0 Å². The predicted molar refractivity (Wildman–Crippen MR) is 116 cm³/mol. The molecule has 0 unspecified atom stereocenters. The van der Waals surface area contributed by atoms with Gasteiger partial charge in [-0.05, 0) is 20.3 Å². The van der Waals surface area contributed by atoms with E-state index in [0.717, 1.165) is 10.3 Å². The molecule has 0 aromatic carbocycles. The van der Waals surface area contributed by atoms with E-state index in [1.54, 1.807) is 11.8 Å². The van der Waals surface area contributed by atoms with E-state index in [2.05, 4.69) is 10.1 Å². The molecule has 2 aliphatic rings. The number of hydrogen-bond donors (Lipinski definition) is 0. The molecule has 2 saturated heterocycles. The number of alkyl halides is 3. The first-order valence-electron chi connectivity index (χ1n) is 11.5. The van der Waals surface area contributed by atoms with E-state index in [4.69, 9.17) is 9.57 Å². The Morgan fingerprint density at radius 2 is 1.88 bits per heavy atom. The maximum atomic E-state index is 13.6. The van der Waals surface area contributed by atoms with Crippen molar-refractivity contribution in [3.8, 4) is 0 Å². The molecule has 0 spiro atoms. The zero-order chi connectivity index (χ0) is 24.2. The van der Waals surface area contributed by atoms with E-state index < -0.39 is 11.9 Å². The average Bonchev–Trinajstić information content (AvgIpc) is 2.77. The lowest BCUT2D eigenvalue weighted by atomic mass is 10.1. The number of carbonyl (C=O) groups is 1. The first-order valence-corrected chi connectivity index (χ1v) is 11.5. The van der Waals surface area contributed by atoms with Gasteiger partial charge in [-0.3, -0.25) is 4.90 Å². The van der Waals surface area contributed by atoms with Gasteiger partial charge in [-0.2, -0.15) is 13.2 Å². The highest BCUT2D eigenvalue weighted by Gasteiger charge is 2.41. The molecule has 2 fully saturated rings. The van der Waals surface area contributed by atoms with Crippen LogP contribution >= 0.6 is 0 Å². The summed E-state index contributed by atoms with van der Waals surface area (Å²) >= 11 is 0. The van der Waals surface area contributed by atoms with Gasteiger partial charge in [0.15, 0.2) is 5.69 Å². The SMILES string of the molecule is CCc1cnc(N2CCC(=NOC3CCN(C(=O)OC(C)C)CC3)CC2)[n+](C)c1C(F)(F)F. The Morgan fingerprint density at radius 1 is 1.24 bits per heavy atom. The van der Waals surface area contributed by atoms with Gasteiger partial charge in [0.25, 0.3) is 0 Å². The summed E-state index contributed by atoms with van der Waals surface area (Å²) < 4.78 is 47.1. The Labute approximate surface area is 192 Å². The molecule has 8 nitrogen and oxygen atoms in total. The van der Waals surface area contributed by atoms with Gasteiger partial charge in [0.1, 0.15) is 12.3 Å². The van der Waals surface area contributed by atoms with Crippen LogP contribution in [0.3, 0.4) is 0 Å². The maximum absolute atomic E-state index is 13.6. The molecule has 0 aliphatic carbocycles. The van der Waals surface area contributed by atoms with E-state index in [1.165, 1.54) is 13.2 Å². The summed E-state index contributed by atoms with van der Waals surface area (Å²) in [5.74, 6) is 0.306. The van der Waals surface area contributed by atoms with Crippen molar-refractivity contribution in [1.82, 2.24) is 9.88 Å². The number of oxime groups is 1. The third kappa shape index (κ3) is 6.26. The Hall–Kier alpha value is -2.59. The summed E-state index contributed by atoms with van der Waals surface area (Å²) in [7, 11) is 1.42. The normalized spacial score (nSPS) is 18.0. The van der Waals surface area contributed by atoms with Crippen molar-refractivity contribution in [2.24, 2.45) is 12.2 Å². The fraction of sp³-hybridized carbons (Fsp3) is 0.727. The molecule has 2 aliphatic heterocycles. The van der Waals surface area contributed by atoms with Crippen LogP contribution in [-0.2, 0) is 29.2 Å². The van der Waals surface area contributed by atoms with Crippen LogP contribution in [0.15, 0.2) is 11.4 Å². The van der Waals surface area contributed by atoms with Gasteiger partial charge < -0.3 is 14.5 Å². The van der Waals surface area contributed by atoms with Gasteiger partial charge >= 0.3 is 18.2 Å². The zero-order valence-electron chi connectivity index (χ0n) is 19.7. The molecule has 1 amide bonds. The summed E-state index contributed by atoms with van der Waals surface area (Å²) in [6.45, 7) is 7.49. The molecule has 0 atom stereocenters. The van der Waals surface area contributed by atoms with Gasteiger partial charge in [0, 0.05) is 44.3 Å². The minimum absolute atomic E-state index is 0.0611. The molecule has 33 heavy (non-hydrogen) atoms. The second-order valence-electron chi connectivity index (χ2n) is 8.71. The number of likely N-dealkylation sites (tertiary alicyclic amines) is 1. The van der Waals surface area contributed by atoms with Crippen LogP contribution in [0.2, 0.25) is 0 Å². The van der Waals surface area contributed by atoms with Crippen molar-refractivity contribution in [2.45, 2.75) is 71.3 Å². The predicted octanol–water partition coefficient (Wildman–Crippen LogP) is 3.47. The minimum atomic E-state index is -4.44. The molecule has 0 radical (unpaired) electrons. The zero-order valence-corrected chi connectivity index (χ0v) is 19.7. The van der Waals surface area contributed by atoms with Crippen LogP contribution in [-0.4, -0.2) is 60.1 Å². The van der Waals surface area contributed by atoms with E-state index in [1.807, 2.05) is 18.7 Å². The number of amides is 1. The minimum Gasteiger partial charge on any atom is -0.447 e. The Kier molecular flexibility index (Phi) is 8.01. The summed E-state index contributed by atoms with van der Waals surface area (Å²) in [5.41, 5.74) is 0.420. The molecule has 184 valence electrons. The van der Waals surface area contributed by atoms with Crippen molar-refractivity contribution in [3.05, 3.63) is 17.5 Å². The second-order valence-corrected chi connectivity index (χ2v) is 8.71. The van der Waals surface area contributed by atoms with Gasteiger partial charge in [-0.25, -0.2) is 9.36 Å². The van der Waals surface area contributed by atoms with Crippen LogP contribution in [0, 0.1) is 0 Å². The monoisotopic (exact) mass is 472 g/mol. The number of halogens is 3. The third-order valence-electron chi connectivity index (χ3n) is 5.92. The lowest BCUT2D eigenvalue weighted by molar-refractivity contribution is -0.682. The molecule has 1 aromatic rings. The third-order valence-corrected chi connectivity index (χ3v) is 5.92. The Balaban J connectivity index is 1.53. The van der Waals surface area contributed by atoms with Crippen molar-refractivity contribution in [2.75, 3.05) is 31.1 Å². The van der Waals surface area contributed by atoms with Crippen LogP contribution in [0.5, 0.6) is 0 Å². The number of piperidine rings is 2. The van der Waals surface area contributed by atoms with Gasteiger partial charge in [-0.15, -0.1) is 0 Å². The van der Waals surface area contributed by atoms with E-state index in [9.17, 15) is 18.0 Å². The molecular formula is C22H33F3N5O3+. The molecule has 3 rings (SSSR count). The first kappa shape index (κ1) is 25.0. The smallest absolute Gasteiger partial charge is 0.446 e. The summed E-state index contributed by atoms with van der Waals surface area (Å²) in [6, 6.07) is 0. The number of ether oxygens (including phenoxy) is 1. The van der Waals surface area contributed by atoms with Crippen molar-refractivity contribution in [1.29, 1.82) is 0 Å². The van der Waals surface area contributed by atoms with Gasteiger partial charge in [-0.1, -0.05) is 17.1 Å². The quantitative estimate of drug-likeness (QED) is 0.485. The van der Waals surface area contributed by atoms with E-state index >= 15 is 0 Å². The number of hydrogen-bond acceptors (Lipinski definition) is 6. The van der Waals surface area contributed by atoms with Crippen molar-refractivity contribution >= 4 is 17.8 Å². The largest absolute Gasteiger partial charge is 0.447 e. The number of anilines is 1. The topological polar surface area (TPSA) is 71.1 Å². The maximum Gasteiger partial charge on any atom is 0.446 e. The van der Waals surface area contributed by atoms with E-state index in [0.29, 0.717) is 57.8 Å². The lowest BCUT2D eigenvalue weighted by Crippen LogP contribution is -2.49. The number of nitrogens with zero attached hydrogens (tertiary/aromatic N) is 5. The summed E-state index contributed by atoms with van der Waals surface area (Å²) in [6.07, 6.45) is -0.800. The lowest BCUT2D eigenvalue weighted by Gasteiger charge is -2.31. The van der Waals surface area contributed by atoms with Crippen LogP contribution in [0.25, 0.3) is 0 Å². The summed E-state index contributed by atoms with van der Waals surface area (Å²) in [5, 5.41) is 4.31. The number of carbonyl (C=O) groups excluding carboxylic acids is 1. The fourth-order valence-electron chi connectivity index (χ4n) is 4.15. The number of aromatic nitrogens is 2. The second kappa shape index (κ2) is 10.6. The van der Waals surface area contributed by atoms with Crippen LogP contribution in [0.1, 0.15) is 57.7 Å². The standard InChI is InChI=1S/C22H33F3N5O3/c1-5-16-14-26-20(28(4)19(16)22(23,24)25)29-10-6-17(7-11-29)27-33-18-8-12-30(13-9-18)21(31)32-15(2)3/h14-15,18H,5-13H2,1-4H3/q+1. The van der Waals surface area contributed by atoms with Gasteiger partial charge in [0.2, 0.25) is 0 Å². The highest BCUT2D eigenvalue weighted by atomic mass is 19.4. The molecule has 0 bridgehead atoms. The van der Waals surface area contributed by atoms with Crippen molar-refractivity contribution in [3.63, 3.8) is 0 Å².